The molecule has 0 saturated heterocycles. The number of fused-ring (bicyclic) bond motifs is 1. The van der Waals surface area contributed by atoms with E-state index in [4.69, 9.17) is 9.47 Å². The van der Waals surface area contributed by atoms with Crippen LogP contribution < -0.4 is 14.4 Å². The Kier molecular flexibility index (Phi) is 3.90. The molecule has 1 aliphatic rings. The van der Waals surface area contributed by atoms with Crippen LogP contribution in [0.15, 0.2) is 36.7 Å². The van der Waals surface area contributed by atoms with Gasteiger partial charge in [0.1, 0.15) is 24.9 Å². The molecule has 1 aromatic heterocycles. The summed E-state index contributed by atoms with van der Waals surface area (Å²) < 4.78 is 11.7. The first-order chi connectivity index (χ1) is 10.2. The van der Waals surface area contributed by atoms with Gasteiger partial charge < -0.3 is 14.4 Å². The van der Waals surface area contributed by atoms with E-state index in [2.05, 4.69) is 9.97 Å². The highest BCUT2D eigenvalue weighted by molar-refractivity contribution is 5.40. The summed E-state index contributed by atoms with van der Waals surface area (Å²) in [4.78, 5) is 10.5. The summed E-state index contributed by atoms with van der Waals surface area (Å²) in [6.07, 6.45) is 3.40. The lowest BCUT2D eigenvalue weighted by molar-refractivity contribution is 0.0849. The first-order valence-corrected chi connectivity index (χ1v) is 7.09. The number of anilines is 1. The Morgan fingerprint density at radius 3 is 2.81 bits per heavy atom. The largest absolute Gasteiger partial charge is 0.486 e. The fourth-order valence-electron chi connectivity index (χ4n) is 2.28. The van der Waals surface area contributed by atoms with Crippen molar-refractivity contribution in [1.82, 2.24) is 9.97 Å². The van der Waals surface area contributed by atoms with Gasteiger partial charge in [-0.05, 0) is 25.0 Å². The zero-order valence-electron chi connectivity index (χ0n) is 12.3. The molecule has 0 spiro atoms. The third-order valence-electron chi connectivity index (χ3n) is 3.46. The van der Waals surface area contributed by atoms with Crippen molar-refractivity contribution >= 4 is 5.82 Å². The van der Waals surface area contributed by atoms with Crippen molar-refractivity contribution in [3.63, 3.8) is 0 Å². The van der Waals surface area contributed by atoms with Gasteiger partial charge in [0.05, 0.1) is 0 Å². The summed E-state index contributed by atoms with van der Waals surface area (Å²) >= 11 is 0. The second kappa shape index (κ2) is 5.99. The molecule has 3 rings (SSSR count). The zero-order chi connectivity index (χ0) is 14.7. The number of benzene rings is 1. The van der Waals surface area contributed by atoms with Gasteiger partial charge in [-0.15, -0.1) is 0 Å². The minimum absolute atomic E-state index is 0.0673. The normalized spacial score (nSPS) is 16.6. The Labute approximate surface area is 124 Å². The predicted octanol–water partition coefficient (Wildman–Crippen LogP) is 2.32. The number of aryl methyl sites for hydroxylation is 1. The van der Waals surface area contributed by atoms with E-state index in [0.717, 1.165) is 35.9 Å². The summed E-state index contributed by atoms with van der Waals surface area (Å²) in [5, 5.41) is 0. The van der Waals surface area contributed by atoms with Crippen LogP contribution in [0, 0.1) is 0 Å². The number of para-hydroxylation sites is 2. The Balaban J connectivity index is 1.60. The maximum absolute atomic E-state index is 5.95. The molecule has 2 heterocycles. The van der Waals surface area contributed by atoms with E-state index in [1.54, 1.807) is 6.33 Å². The minimum atomic E-state index is 0.0673. The first kappa shape index (κ1) is 13.7. The van der Waals surface area contributed by atoms with Crippen LogP contribution in [0.1, 0.15) is 12.1 Å². The van der Waals surface area contributed by atoms with E-state index < -0.39 is 0 Å². The van der Waals surface area contributed by atoms with Crippen LogP contribution in [-0.2, 0) is 6.42 Å². The average Bonchev–Trinajstić information content (AvgIpc) is 2.53. The van der Waals surface area contributed by atoms with Crippen LogP contribution in [0.2, 0.25) is 0 Å². The lowest BCUT2D eigenvalue weighted by Gasteiger charge is -2.26. The molecule has 0 bridgehead atoms. The van der Waals surface area contributed by atoms with Gasteiger partial charge in [-0.2, -0.15) is 0 Å². The number of hydrogen-bond donors (Lipinski definition) is 0. The van der Waals surface area contributed by atoms with E-state index in [1.165, 1.54) is 0 Å². The summed E-state index contributed by atoms with van der Waals surface area (Å²) in [5.41, 5.74) is 1.02. The highest BCUT2D eigenvalue weighted by Gasteiger charge is 2.20. The third-order valence-corrected chi connectivity index (χ3v) is 3.46. The molecule has 1 atom stereocenters. The molecule has 1 aliphatic heterocycles. The van der Waals surface area contributed by atoms with Crippen molar-refractivity contribution in [2.45, 2.75) is 18.9 Å². The Morgan fingerprint density at radius 1 is 1.19 bits per heavy atom. The van der Waals surface area contributed by atoms with Gasteiger partial charge in [0.2, 0.25) is 0 Å². The topological polar surface area (TPSA) is 47.5 Å². The third kappa shape index (κ3) is 3.24. The maximum Gasteiger partial charge on any atom is 0.161 e. The van der Waals surface area contributed by atoms with Gasteiger partial charge in [-0.3, -0.25) is 0 Å². The van der Waals surface area contributed by atoms with Crippen molar-refractivity contribution in [3.8, 4) is 11.5 Å². The summed E-state index contributed by atoms with van der Waals surface area (Å²) in [6, 6.07) is 9.79. The summed E-state index contributed by atoms with van der Waals surface area (Å²) in [6.45, 7) is 0.586. The molecule has 5 heteroatoms. The van der Waals surface area contributed by atoms with Crippen LogP contribution in [0.25, 0.3) is 0 Å². The Morgan fingerprint density at radius 2 is 2.00 bits per heavy atom. The Hall–Kier alpha value is -2.30. The molecule has 0 fully saturated rings. The fraction of sp³-hybridized carbons (Fsp3) is 0.375. The van der Waals surface area contributed by atoms with Crippen molar-refractivity contribution in [2.75, 3.05) is 25.6 Å². The zero-order valence-corrected chi connectivity index (χ0v) is 12.3. The average molecular weight is 285 g/mol. The van der Waals surface area contributed by atoms with Crippen LogP contribution in [0.5, 0.6) is 11.5 Å². The van der Waals surface area contributed by atoms with Gasteiger partial charge in [-0.25, -0.2) is 9.97 Å². The quantitative estimate of drug-likeness (QED) is 0.862. The molecule has 110 valence electrons. The molecule has 1 aromatic carbocycles. The first-order valence-electron chi connectivity index (χ1n) is 7.09. The number of hydrogen-bond acceptors (Lipinski definition) is 5. The van der Waals surface area contributed by atoms with Gasteiger partial charge in [0.25, 0.3) is 0 Å². The molecule has 2 aromatic rings. The molecule has 0 aliphatic carbocycles. The molecule has 21 heavy (non-hydrogen) atoms. The van der Waals surface area contributed by atoms with Crippen molar-refractivity contribution in [1.29, 1.82) is 0 Å². The van der Waals surface area contributed by atoms with Crippen LogP contribution in [-0.4, -0.2) is 36.8 Å². The number of rotatable bonds is 4. The molecule has 1 unspecified atom stereocenters. The minimum Gasteiger partial charge on any atom is -0.486 e. The van der Waals surface area contributed by atoms with Gasteiger partial charge in [0, 0.05) is 25.9 Å². The van der Waals surface area contributed by atoms with E-state index in [-0.39, 0.29) is 6.10 Å². The molecular weight excluding hydrogens is 266 g/mol. The van der Waals surface area contributed by atoms with Crippen LogP contribution >= 0.6 is 0 Å². The number of aromatic nitrogens is 2. The second-order valence-corrected chi connectivity index (χ2v) is 5.30. The van der Waals surface area contributed by atoms with Crippen LogP contribution in [0.4, 0.5) is 5.82 Å². The van der Waals surface area contributed by atoms with Crippen molar-refractivity contribution in [2.24, 2.45) is 0 Å². The monoisotopic (exact) mass is 285 g/mol. The molecule has 5 nitrogen and oxygen atoms in total. The lowest BCUT2D eigenvalue weighted by Crippen LogP contribution is -2.29. The highest BCUT2D eigenvalue weighted by Crippen LogP contribution is 2.31. The SMILES string of the molecule is CN(C)c1cc(CCC2COc3ccccc3O2)ncn1. The molecule has 0 radical (unpaired) electrons. The van der Waals surface area contributed by atoms with E-state index in [0.29, 0.717) is 6.61 Å². The highest BCUT2D eigenvalue weighted by atomic mass is 16.6. The van der Waals surface area contributed by atoms with E-state index >= 15 is 0 Å². The van der Waals surface area contributed by atoms with Crippen LogP contribution in [0.3, 0.4) is 0 Å². The summed E-state index contributed by atoms with van der Waals surface area (Å²) in [7, 11) is 3.95. The van der Waals surface area contributed by atoms with E-state index in [9.17, 15) is 0 Å². The molecule has 0 saturated carbocycles. The van der Waals surface area contributed by atoms with Gasteiger partial charge in [0.15, 0.2) is 11.5 Å². The second-order valence-electron chi connectivity index (χ2n) is 5.30. The standard InChI is InChI=1S/C16H19N3O2/c1-19(2)16-9-12(17-11-18-16)7-8-13-10-20-14-5-3-4-6-15(14)21-13/h3-6,9,11,13H,7-8,10H2,1-2H3. The molecule has 0 N–H and O–H groups in total. The lowest BCUT2D eigenvalue weighted by atomic mass is 10.1. The van der Waals surface area contributed by atoms with Gasteiger partial charge >= 0.3 is 0 Å². The van der Waals surface area contributed by atoms with Crippen molar-refractivity contribution < 1.29 is 9.47 Å². The van der Waals surface area contributed by atoms with Gasteiger partial charge in [-0.1, -0.05) is 12.1 Å². The smallest absolute Gasteiger partial charge is 0.161 e. The summed E-state index contributed by atoms with van der Waals surface area (Å²) in [5.74, 6) is 2.57. The predicted molar refractivity (Wildman–Crippen MR) is 81.0 cm³/mol. The van der Waals surface area contributed by atoms with E-state index in [1.807, 2.05) is 49.3 Å². The Bertz CT molecular complexity index is 616. The molecular formula is C16H19N3O2. The molecule has 0 amide bonds. The fourth-order valence-corrected chi connectivity index (χ4v) is 2.28. The maximum atomic E-state index is 5.95. The van der Waals surface area contributed by atoms with Crippen molar-refractivity contribution in [3.05, 3.63) is 42.4 Å². The number of ether oxygens (including phenoxy) is 2. The number of nitrogens with zero attached hydrogens (tertiary/aromatic N) is 3.